The molecule has 1 heterocycles. The molecular weight excluding hydrogens is 236 g/mol. The summed E-state index contributed by atoms with van der Waals surface area (Å²) in [7, 11) is 0. The molecule has 0 fully saturated rings. The van der Waals surface area contributed by atoms with E-state index in [0.29, 0.717) is 0 Å². The minimum absolute atomic E-state index is 0.0738. The number of imidazole rings is 1. The zero-order chi connectivity index (χ0) is 13.5. The molecule has 2 rings (SSSR count). The van der Waals surface area contributed by atoms with Gasteiger partial charge in [0.1, 0.15) is 0 Å². The van der Waals surface area contributed by atoms with Crippen LogP contribution in [-0.2, 0) is 13.2 Å². The third-order valence-corrected chi connectivity index (χ3v) is 2.89. The molecule has 1 aromatic carbocycles. The van der Waals surface area contributed by atoms with Gasteiger partial charge in [-0.15, -0.1) is 0 Å². The van der Waals surface area contributed by atoms with Gasteiger partial charge in [0, 0.05) is 18.3 Å². The first kappa shape index (κ1) is 13.3. The molecule has 0 unspecified atom stereocenters. The topological polar surface area (TPSA) is 38.0 Å². The van der Waals surface area contributed by atoms with Gasteiger partial charge in [0.05, 0.1) is 18.6 Å². The minimum atomic E-state index is 0.0738. The summed E-state index contributed by atoms with van der Waals surface area (Å²) in [6.07, 6.45) is 10.7. The SMILES string of the molecule is C=C/C=C/CCn1cnc(-c2ccc(CO)cc2)c1. The van der Waals surface area contributed by atoms with E-state index in [1.165, 1.54) is 0 Å². The highest BCUT2D eigenvalue weighted by Crippen LogP contribution is 2.17. The van der Waals surface area contributed by atoms with Crippen molar-refractivity contribution in [2.75, 3.05) is 0 Å². The first-order valence-corrected chi connectivity index (χ1v) is 6.33. The summed E-state index contributed by atoms with van der Waals surface area (Å²) in [5.74, 6) is 0. The standard InChI is InChI=1S/C16H18N2O/c1-2-3-4-5-10-18-11-16(17-13-18)15-8-6-14(12-19)7-9-15/h2-4,6-9,11,13,19H,1,5,10,12H2/b4-3+. The summed E-state index contributed by atoms with van der Waals surface area (Å²) < 4.78 is 2.07. The van der Waals surface area contributed by atoms with E-state index in [4.69, 9.17) is 5.11 Å². The van der Waals surface area contributed by atoms with Gasteiger partial charge in [-0.3, -0.25) is 0 Å². The number of aliphatic hydroxyl groups excluding tert-OH is 1. The summed E-state index contributed by atoms with van der Waals surface area (Å²) in [6.45, 7) is 4.62. The van der Waals surface area contributed by atoms with Crippen LogP contribution in [0.3, 0.4) is 0 Å². The molecule has 1 N–H and O–H groups in total. The lowest BCUT2D eigenvalue weighted by atomic mass is 10.1. The van der Waals surface area contributed by atoms with E-state index in [-0.39, 0.29) is 6.61 Å². The third kappa shape index (κ3) is 3.66. The van der Waals surface area contributed by atoms with Crippen LogP contribution < -0.4 is 0 Å². The second kappa shape index (κ2) is 6.71. The first-order chi connectivity index (χ1) is 9.33. The van der Waals surface area contributed by atoms with Gasteiger partial charge in [-0.2, -0.15) is 0 Å². The van der Waals surface area contributed by atoms with Gasteiger partial charge in [-0.1, -0.05) is 49.1 Å². The minimum Gasteiger partial charge on any atom is -0.392 e. The van der Waals surface area contributed by atoms with E-state index in [1.54, 1.807) is 6.08 Å². The van der Waals surface area contributed by atoms with Crippen LogP contribution in [0.1, 0.15) is 12.0 Å². The van der Waals surface area contributed by atoms with E-state index >= 15 is 0 Å². The number of allylic oxidation sites excluding steroid dienone is 3. The zero-order valence-corrected chi connectivity index (χ0v) is 10.9. The number of nitrogens with zero attached hydrogens (tertiary/aromatic N) is 2. The van der Waals surface area contributed by atoms with Crippen LogP contribution in [0, 0.1) is 0 Å². The normalized spacial score (nSPS) is 11.0. The number of hydrogen-bond donors (Lipinski definition) is 1. The predicted octanol–water partition coefficient (Wildman–Crippen LogP) is 3.17. The molecule has 0 saturated carbocycles. The Labute approximate surface area is 113 Å². The number of rotatable bonds is 6. The van der Waals surface area contributed by atoms with Gasteiger partial charge in [0.25, 0.3) is 0 Å². The fourth-order valence-electron chi connectivity index (χ4n) is 1.83. The lowest BCUT2D eigenvalue weighted by Crippen LogP contribution is -1.91. The Morgan fingerprint density at radius 2 is 2.05 bits per heavy atom. The summed E-state index contributed by atoms with van der Waals surface area (Å²) >= 11 is 0. The Morgan fingerprint density at radius 3 is 2.74 bits per heavy atom. The quantitative estimate of drug-likeness (QED) is 0.804. The van der Waals surface area contributed by atoms with Crippen molar-refractivity contribution in [1.82, 2.24) is 9.55 Å². The van der Waals surface area contributed by atoms with Crippen LogP contribution in [0.15, 0.2) is 61.6 Å². The van der Waals surface area contributed by atoms with Crippen molar-refractivity contribution in [3.05, 3.63) is 67.2 Å². The Balaban J connectivity index is 2.03. The van der Waals surface area contributed by atoms with Gasteiger partial charge in [-0.25, -0.2) is 4.98 Å². The largest absolute Gasteiger partial charge is 0.392 e. The highest BCUT2D eigenvalue weighted by molar-refractivity contribution is 5.58. The van der Waals surface area contributed by atoms with Gasteiger partial charge in [0.2, 0.25) is 0 Å². The maximum Gasteiger partial charge on any atom is 0.0953 e. The summed E-state index contributed by atoms with van der Waals surface area (Å²) in [5.41, 5.74) is 2.94. The molecule has 0 saturated heterocycles. The molecule has 0 amide bonds. The van der Waals surface area contributed by atoms with E-state index in [2.05, 4.69) is 22.2 Å². The molecular formula is C16H18N2O. The Bertz CT molecular complexity index is 552. The maximum absolute atomic E-state index is 9.01. The number of benzene rings is 1. The van der Waals surface area contributed by atoms with Crippen LogP contribution in [0.2, 0.25) is 0 Å². The Kier molecular flexibility index (Phi) is 4.70. The van der Waals surface area contributed by atoms with E-state index in [1.807, 2.05) is 42.9 Å². The smallest absolute Gasteiger partial charge is 0.0953 e. The Hall–Kier alpha value is -2.13. The lowest BCUT2D eigenvalue weighted by molar-refractivity contribution is 0.282. The maximum atomic E-state index is 9.01. The monoisotopic (exact) mass is 254 g/mol. The molecule has 0 aliphatic heterocycles. The summed E-state index contributed by atoms with van der Waals surface area (Å²) in [4.78, 5) is 4.40. The van der Waals surface area contributed by atoms with Crippen molar-refractivity contribution in [3.8, 4) is 11.3 Å². The van der Waals surface area contributed by atoms with Crippen LogP contribution in [0.4, 0.5) is 0 Å². The number of aryl methyl sites for hydroxylation is 1. The molecule has 0 spiro atoms. The van der Waals surface area contributed by atoms with Crippen LogP contribution >= 0.6 is 0 Å². The zero-order valence-electron chi connectivity index (χ0n) is 10.9. The van der Waals surface area contributed by atoms with Gasteiger partial charge >= 0.3 is 0 Å². The summed E-state index contributed by atoms with van der Waals surface area (Å²) in [6, 6.07) is 7.80. The van der Waals surface area contributed by atoms with Crippen molar-refractivity contribution < 1.29 is 5.11 Å². The molecule has 1 aromatic heterocycles. The number of aliphatic hydroxyl groups is 1. The highest BCUT2D eigenvalue weighted by atomic mass is 16.3. The molecule has 0 atom stereocenters. The molecule has 3 heteroatoms. The van der Waals surface area contributed by atoms with Crippen molar-refractivity contribution in [3.63, 3.8) is 0 Å². The van der Waals surface area contributed by atoms with E-state index in [9.17, 15) is 0 Å². The third-order valence-electron chi connectivity index (χ3n) is 2.89. The van der Waals surface area contributed by atoms with Crippen molar-refractivity contribution in [2.45, 2.75) is 19.6 Å². The van der Waals surface area contributed by atoms with Crippen molar-refractivity contribution >= 4 is 0 Å². The molecule has 98 valence electrons. The predicted molar refractivity (Wildman–Crippen MR) is 77.5 cm³/mol. The van der Waals surface area contributed by atoms with Gasteiger partial charge in [-0.05, 0) is 12.0 Å². The number of aromatic nitrogens is 2. The van der Waals surface area contributed by atoms with Crippen molar-refractivity contribution in [1.29, 1.82) is 0 Å². The van der Waals surface area contributed by atoms with Gasteiger partial charge < -0.3 is 9.67 Å². The second-order valence-corrected chi connectivity index (χ2v) is 4.30. The fourth-order valence-corrected chi connectivity index (χ4v) is 1.83. The highest BCUT2D eigenvalue weighted by Gasteiger charge is 2.01. The van der Waals surface area contributed by atoms with E-state index in [0.717, 1.165) is 29.8 Å². The van der Waals surface area contributed by atoms with Crippen LogP contribution in [-0.4, -0.2) is 14.7 Å². The molecule has 19 heavy (non-hydrogen) atoms. The fraction of sp³-hybridized carbons (Fsp3) is 0.188. The van der Waals surface area contributed by atoms with Crippen LogP contribution in [0.5, 0.6) is 0 Å². The molecule has 0 aliphatic rings. The second-order valence-electron chi connectivity index (χ2n) is 4.30. The average molecular weight is 254 g/mol. The molecule has 0 radical (unpaired) electrons. The van der Waals surface area contributed by atoms with Crippen LogP contribution in [0.25, 0.3) is 11.3 Å². The molecule has 3 nitrogen and oxygen atoms in total. The summed E-state index contributed by atoms with van der Waals surface area (Å²) in [5, 5.41) is 9.01. The number of hydrogen-bond acceptors (Lipinski definition) is 2. The lowest BCUT2D eigenvalue weighted by Gasteiger charge is -1.99. The van der Waals surface area contributed by atoms with Crippen molar-refractivity contribution in [2.24, 2.45) is 0 Å². The average Bonchev–Trinajstić information content (AvgIpc) is 2.92. The van der Waals surface area contributed by atoms with Gasteiger partial charge in [0.15, 0.2) is 0 Å². The Morgan fingerprint density at radius 1 is 1.26 bits per heavy atom. The molecule has 0 aliphatic carbocycles. The molecule has 2 aromatic rings. The molecule has 0 bridgehead atoms. The van der Waals surface area contributed by atoms with E-state index < -0.39 is 0 Å². The first-order valence-electron chi connectivity index (χ1n) is 6.33.